The molecule has 3 heteroatoms. The zero-order valence-corrected chi connectivity index (χ0v) is 13.9. The molecule has 0 aliphatic carbocycles. The number of hydrogen-bond acceptors (Lipinski definition) is 3. The van der Waals surface area contributed by atoms with E-state index < -0.39 is 0 Å². The van der Waals surface area contributed by atoms with Gasteiger partial charge in [-0.2, -0.15) is 0 Å². The van der Waals surface area contributed by atoms with Crippen LogP contribution in [0, 0.1) is 5.92 Å². The molecule has 1 aliphatic heterocycles. The van der Waals surface area contributed by atoms with Crippen molar-refractivity contribution < 1.29 is 0 Å². The molecule has 1 aromatic carbocycles. The van der Waals surface area contributed by atoms with Gasteiger partial charge in [0.1, 0.15) is 0 Å². The van der Waals surface area contributed by atoms with E-state index in [0.29, 0.717) is 0 Å². The molecule has 0 radical (unpaired) electrons. The molecule has 112 valence electrons. The molecular weight excluding hydrogens is 264 g/mol. The summed E-state index contributed by atoms with van der Waals surface area (Å²) in [5.41, 5.74) is 7.63. The molecule has 1 fully saturated rings. The quantitative estimate of drug-likeness (QED) is 0.843. The number of rotatable bonds is 5. The van der Waals surface area contributed by atoms with E-state index in [4.69, 9.17) is 5.73 Å². The van der Waals surface area contributed by atoms with Crippen LogP contribution in [0.4, 0.5) is 0 Å². The van der Waals surface area contributed by atoms with Crippen molar-refractivity contribution in [2.45, 2.75) is 43.5 Å². The lowest BCUT2D eigenvalue weighted by Gasteiger charge is -2.44. The minimum atomic E-state index is 0.0982. The fourth-order valence-electron chi connectivity index (χ4n) is 3.04. The molecular formula is C17H28N2S. The molecule has 1 saturated heterocycles. The zero-order chi connectivity index (χ0) is 14.6. The molecule has 1 heterocycles. The third-order valence-electron chi connectivity index (χ3n) is 4.73. The summed E-state index contributed by atoms with van der Waals surface area (Å²) in [6.07, 6.45) is 5.78. The first kappa shape index (κ1) is 15.9. The molecule has 1 atom stereocenters. The van der Waals surface area contributed by atoms with Gasteiger partial charge in [0.05, 0.1) is 0 Å². The summed E-state index contributed by atoms with van der Waals surface area (Å²) < 4.78 is 0. The lowest BCUT2D eigenvalue weighted by atomic mass is 9.87. The van der Waals surface area contributed by atoms with Crippen LogP contribution < -0.4 is 5.73 Å². The average Bonchev–Trinajstić information content (AvgIpc) is 2.48. The Morgan fingerprint density at radius 2 is 1.85 bits per heavy atom. The lowest BCUT2D eigenvalue weighted by molar-refractivity contribution is 0.0709. The molecule has 0 spiro atoms. The highest BCUT2D eigenvalue weighted by Gasteiger charge is 2.32. The molecule has 2 N–H and O–H groups in total. The second-order valence-corrected chi connectivity index (χ2v) is 7.28. The second-order valence-electron chi connectivity index (χ2n) is 6.40. The first-order valence-corrected chi connectivity index (χ1v) is 8.88. The van der Waals surface area contributed by atoms with Crippen LogP contribution in [0.1, 0.15) is 32.3 Å². The van der Waals surface area contributed by atoms with Crippen molar-refractivity contribution in [1.82, 2.24) is 4.90 Å². The summed E-state index contributed by atoms with van der Waals surface area (Å²) in [4.78, 5) is 3.94. The van der Waals surface area contributed by atoms with E-state index >= 15 is 0 Å². The van der Waals surface area contributed by atoms with E-state index in [1.807, 2.05) is 0 Å². The highest BCUT2D eigenvalue weighted by atomic mass is 32.2. The third kappa shape index (κ3) is 3.78. The number of thioether (sulfide) groups is 1. The van der Waals surface area contributed by atoms with Gasteiger partial charge in [-0.1, -0.05) is 19.1 Å². The van der Waals surface area contributed by atoms with E-state index in [9.17, 15) is 0 Å². The fourth-order valence-corrected chi connectivity index (χ4v) is 3.45. The molecule has 1 aromatic rings. The minimum Gasteiger partial charge on any atom is -0.329 e. The van der Waals surface area contributed by atoms with Crippen LogP contribution in [-0.2, 0) is 6.42 Å². The summed E-state index contributed by atoms with van der Waals surface area (Å²) in [6.45, 7) is 7.80. The van der Waals surface area contributed by atoms with Crippen molar-refractivity contribution in [2.24, 2.45) is 11.7 Å². The number of nitrogens with zero attached hydrogens (tertiary/aromatic N) is 1. The maximum atomic E-state index is 6.13. The lowest BCUT2D eigenvalue weighted by Crippen LogP contribution is -2.55. The van der Waals surface area contributed by atoms with E-state index in [-0.39, 0.29) is 5.54 Å². The molecule has 0 saturated carbocycles. The second kappa shape index (κ2) is 6.97. The predicted molar refractivity (Wildman–Crippen MR) is 89.4 cm³/mol. The van der Waals surface area contributed by atoms with Gasteiger partial charge in [-0.25, -0.2) is 0 Å². The summed E-state index contributed by atoms with van der Waals surface area (Å²) >= 11 is 1.79. The molecule has 2 rings (SSSR count). The van der Waals surface area contributed by atoms with Crippen LogP contribution in [0.3, 0.4) is 0 Å². The summed E-state index contributed by atoms with van der Waals surface area (Å²) in [7, 11) is 0. The number of benzene rings is 1. The van der Waals surface area contributed by atoms with E-state index in [1.54, 1.807) is 11.8 Å². The van der Waals surface area contributed by atoms with Crippen LogP contribution in [-0.4, -0.2) is 36.3 Å². The van der Waals surface area contributed by atoms with Crippen LogP contribution in [0.2, 0.25) is 0 Å². The van der Waals surface area contributed by atoms with Crippen molar-refractivity contribution in [3.05, 3.63) is 29.8 Å². The number of hydrogen-bond donors (Lipinski definition) is 1. The molecule has 2 nitrogen and oxygen atoms in total. The minimum absolute atomic E-state index is 0.0982. The number of nitrogens with two attached hydrogens (primary N) is 1. The van der Waals surface area contributed by atoms with Crippen molar-refractivity contribution in [1.29, 1.82) is 0 Å². The first-order chi connectivity index (χ1) is 9.57. The Labute approximate surface area is 128 Å². The van der Waals surface area contributed by atoms with E-state index in [1.165, 1.54) is 36.4 Å². The molecule has 1 unspecified atom stereocenters. The monoisotopic (exact) mass is 292 g/mol. The Balaban J connectivity index is 2.05. The summed E-state index contributed by atoms with van der Waals surface area (Å²) in [5.74, 6) is 0.870. The smallest absolute Gasteiger partial charge is 0.0343 e. The number of piperidine rings is 1. The van der Waals surface area contributed by atoms with E-state index in [2.05, 4.69) is 49.3 Å². The standard InChI is InChI=1S/C17H28N2S/c1-14-8-10-19(11-9-14)17(2,13-18)12-15-4-6-16(20-3)7-5-15/h4-7,14H,8-13,18H2,1-3H3. The molecule has 0 amide bonds. The van der Waals surface area contributed by atoms with Crippen LogP contribution >= 0.6 is 11.8 Å². The van der Waals surface area contributed by atoms with Crippen molar-refractivity contribution in [3.63, 3.8) is 0 Å². The van der Waals surface area contributed by atoms with Gasteiger partial charge in [-0.05, 0) is 69.1 Å². The Morgan fingerprint density at radius 1 is 1.25 bits per heavy atom. The van der Waals surface area contributed by atoms with Crippen LogP contribution in [0.5, 0.6) is 0 Å². The van der Waals surface area contributed by atoms with Gasteiger partial charge in [-0.15, -0.1) is 11.8 Å². The van der Waals surface area contributed by atoms with Gasteiger partial charge in [0.2, 0.25) is 0 Å². The number of likely N-dealkylation sites (tertiary alicyclic amines) is 1. The molecule has 0 aromatic heterocycles. The zero-order valence-electron chi connectivity index (χ0n) is 13.1. The summed E-state index contributed by atoms with van der Waals surface area (Å²) in [6, 6.07) is 8.95. The van der Waals surface area contributed by atoms with E-state index in [0.717, 1.165) is 18.9 Å². The van der Waals surface area contributed by atoms with Crippen LogP contribution in [0.25, 0.3) is 0 Å². The van der Waals surface area contributed by atoms with Gasteiger partial charge in [-0.3, -0.25) is 4.90 Å². The highest BCUT2D eigenvalue weighted by Crippen LogP contribution is 2.27. The highest BCUT2D eigenvalue weighted by molar-refractivity contribution is 7.98. The maximum Gasteiger partial charge on any atom is 0.0343 e. The maximum absolute atomic E-state index is 6.13. The van der Waals surface area contributed by atoms with Crippen LogP contribution in [0.15, 0.2) is 29.2 Å². The van der Waals surface area contributed by atoms with Gasteiger partial charge in [0, 0.05) is 17.0 Å². The SMILES string of the molecule is CSc1ccc(CC(C)(CN)N2CCC(C)CC2)cc1. The van der Waals surface area contributed by atoms with Gasteiger partial charge < -0.3 is 5.73 Å². The topological polar surface area (TPSA) is 29.3 Å². The Morgan fingerprint density at radius 3 is 2.35 bits per heavy atom. The first-order valence-electron chi connectivity index (χ1n) is 7.65. The fraction of sp³-hybridized carbons (Fsp3) is 0.647. The Kier molecular flexibility index (Phi) is 5.53. The van der Waals surface area contributed by atoms with Crippen molar-refractivity contribution >= 4 is 11.8 Å². The summed E-state index contributed by atoms with van der Waals surface area (Å²) in [5, 5.41) is 0. The van der Waals surface area contributed by atoms with Gasteiger partial charge in [0.15, 0.2) is 0 Å². The Hall–Kier alpha value is -0.510. The van der Waals surface area contributed by atoms with Gasteiger partial charge in [0.25, 0.3) is 0 Å². The van der Waals surface area contributed by atoms with Gasteiger partial charge >= 0.3 is 0 Å². The molecule has 20 heavy (non-hydrogen) atoms. The Bertz CT molecular complexity index is 410. The van der Waals surface area contributed by atoms with Crippen molar-refractivity contribution in [3.8, 4) is 0 Å². The average molecular weight is 292 g/mol. The van der Waals surface area contributed by atoms with Crippen molar-refractivity contribution in [2.75, 3.05) is 25.9 Å². The predicted octanol–water partition coefficient (Wildman–Crippen LogP) is 3.40. The largest absolute Gasteiger partial charge is 0.329 e. The molecule has 0 bridgehead atoms. The normalized spacial score (nSPS) is 20.8. The molecule has 1 aliphatic rings. The third-order valence-corrected chi connectivity index (χ3v) is 5.47.